The summed E-state index contributed by atoms with van der Waals surface area (Å²) < 4.78 is 13.0. The van der Waals surface area contributed by atoms with Crippen molar-refractivity contribution < 1.29 is 4.39 Å². The zero-order chi connectivity index (χ0) is 14.7. The lowest BCUT2D eigenvalue weighted by molar-refractivity contribution is 0.534. The molecule has 0 saturated carbocycles. The van der Waals surface area contributed by atoms with Crippen LogP contribution in [-0.4, -0.2) is 4.98 Å². The van der Waals surface area contributed by atoms with Gasteiger partial charge >= 0.3 is 0 Å². The Morgan fingerprint density at radius 3 is 2.62 bits per heavy atom. The van der Waals surface area contributed by atoms with Crippen molar-refractivity contribution in [3.63, 3.8) is 0 Å². The number of rotatable bonds is 4. The highest BCUT2D eigenvalue weighted by Crippen LogP contribution is 2.23. The summed E-state index contributed by atoms with van der Waals surface area (Å²) in [6, 6.07) is 17.3. The Hall–Kier alpha value is -2.30. The van der Waals surface area contributed by atoms with Crippen molar-refractivity contribution in [1.29, 1.82) is 0 Å². The maximum absolute atomic E-state index is 13.0. The van der Waals surface area contributed by atoms with Crippen molar-refractivity contribution in [1.82, 2.24) is 10.4 Å². The Balaban J connectivity index is 1.94. The standard InChI is InChI=1S/C17H16FN3/c18-14-8-9-16(20-11-14)17(21-19)10-13-6-3-5-12-4-1-2-7-15(12)13/h1-9,11,17,21H,10,19H2. The van der Waals surface area contributed by atoms with Gasteiger partial charge in [-0.15, -0.1) is 0 Å². The lowest BCUT2D eigenvalue weighted by Gasteiger charge is -2.16. The van der Waals surface area contributed by atoms with Crippen LogP contribution >= 0.6 is 0 Å². The summed E-state index contributed by atoms with van der Waals surface area (Å²) in [5.41, 5.74) is 4.68. The first kappa shape index (κ1) is 13.7. The number of hydrogen-bond acceptors (Lipinski definition) is 3. The summed E-state index contributed by atoms with van der Waals surface area (Å²) in [5, 5.41) is 2.39. The number of hydrazine groups is 1. The molecule has 0 bridgehead atoms. The second kappa shape index (κ2) is 5.99. The van der Waals surface area contributed by atoms with E-state index in [0.717, 1.165) is 5.69 Å². The lowest BCUT2D eigenvalue weighted by Crippen LogP contribution is -2.30. The van der Waals surface area contributed by atoms with Crippen molar-refractivity contribution >= 4 is 10.8 Å². The molecule has 0 amide bonds. The molecule has 2 aromatic carbocycles. The van der Waals surface area contributed by atoms with Crippen molar-refractivity contribution in [2.75, 3.05) is 0 Å². The lowest BCUT2D eigenvalue weighted by atomic mass is 9.97. The Kier molecular flexibility index (Phi) is 3.90. The van der Waals surface area contributed by atoms with Gasteiger partial charge in [-0.25, -0.2) is 4.39 Å². The number of pyridine rings is 1. The van der Waals surface area contributed by atoms with Crippen molar-refractivity contribution in [3.8, 4) is 0 Å². The summed E-state index contributed by atoms with van der Waals surface area (Å²) in [6.07, 6.45) is 1.90. The van der Waals surface area contributed by atoms with E-state index in [2.05, 4.69) is 34.7 Å². The van der Waals surface area contributed by atoms with Gasteiger partial charge in [0.2, 0.25) is 0 Å². The second-order valence-electron chi connectivity index (χ2n) is 4.96. The molecular formula is C17H16FN3. The number of nitrogens with zero attached hydrogens (tertiary/aromatic N) is 1. The van der Waals surface area contributed by atoms with E-state index < -0.39 is 0 Å². The molecule has 1 heterocycles. The monoisotopic (exact) mass is 281 g/mol. The molecule has 1 aromatic heterocycles. The SMILES string of the molecule is NNC(Cc1cccc2ccccc12)c1ccc(F)cn1. The van der Waals surface area contributed by atoms with Crippen molar-refractivity contribution in [3.05, 3.63) is 77.9 Å². The van der Waals surface area contributed by atoms with Crippen LogP contribution in [0.3, 0.4) is 0 Å². The third-order valence-corrected chi connectivity index (χ3v) is 3.61. The van der Waals surface area contributed by atoms with Gasteiger partial charge < -0.3 is 0 Å². The zero-order valence-corrected chi connectivity index (χ0v) is 11.5. The van der Waals surface area contributed by atoms with Gasteiger partial charge in [-0.3, -0.25) is 16.3 Å². The van der Waals surface area contributed by atoms with Crippen molar-refractivity contribution in [2.45, 2.75) is 12.5 Å². The molecule has 4 heteroatoms. The van der Waals surface area contributed by atoms with Gasteiger partial charge in [0.1, 0.15) is 5.82 Å². The Labute approximate surface area is 122 Å². The normalized spacial score (nSPS) is 12.5. The van der Waals surface area contributed by atoms with E-state index in [9.17, 15) is 4.39 Å². The molecule has 0 fully saturated rings. The smallest absolute Gasteiger partial charge is 0.141 e. The highest BCUT2D eigenvalue weighted by atomic mass is 19.1. The molecule has 3 aromatic rings. The summed E-state index contributed by atoms with van der Waals surface area (Å²) in [5.74, 6) is 5.30. The van der Waals surface area contributed by atoms with E-state index in [1.165, 1.54) is 28.6 Å². The van der Waals surface area contributed by atoms with E-state index in [4.69, 9.17) is 5.84 Å². The minimum Gasteiger partial charge on any atom is -0.271 e. The quantitative estimate of drug-likeness (QED) is 0.570. The summed E-state index contributed by atoms with van der Waals surface area (Å²) in [7, 11) is 0. The minimum absolute atomic E-state index is 0.156. The molecule has 3 rings (SSSR count). The number of aromatic nitrogens is 1. The highest BCUT2D eigenvalue weighted by molar-refractivity contribution is 5.85. The molecule has 1 unspecified atom stereocenters. The topological polar surface area (TPSA) is 50.9 Å². The van der Waals surface area contributed by atoms with Gasteiger partial charge in [-0.1, -0.05) is 42.5 Å². The van der Waals surface area contributed by atoms with Crippen LogP contribution in [0.1, 0.15) is 17.3 Å². The number of nitrogens with two attached hydrogens (primary N) is 1. The van der Waals surface area contributed by atoms with E-state index in [1.54, 1.807) is 6.07 Å². The average molecular weight is 281 g/mol. The summed E-state index contributed by atoms with van der Waals surface area (Å²) in [6.45, 7) is 0. The van der Waals surface area contributed by atoms with Gasteiger partial charge in [-0.05, 0) is 34.9 Å². The van der Waals surface area contributed by atoms with Crippen LogP contribution in [0.4, 0.5) is 4.39 Å². The maximum atomic E-state index is 13.0. The van der Waals surface area contributed by atoms with Crippen molar-refractivity contribution in [2.24, 2.45) is 5.84 Å². The third-order valence-electron chi connectivity index (χ3n) is 3.61. The minimum atomic E-state index is -0.348. The Morgan fingerprint density at radius 1 is 1.05 bits per heavy atom. The van der Waals surface area contributed by atoms with Gasteiger partial charge in [0.05, 0.1) is 17.9 Å². The van der Waals surface area contributed by atoms with Crippen LogP contribution in [-0.2, 0) is 6.42 Å². The molecule has 1 atom stereocenters. The first-order chi connectivity index (χ1) is 10.3. The average Bonchev–Trinajstić information content (AvgIpc) is 2.54. The van der Waals surface area contributed by atoms with Crippen LogP contribution in [0.15, 0.2) is 60.8 Å². The highest BCUT2D eigenvalue weighted by Gasteiger charge is 2.13. The number of benzene rings is 2. The second-order valence-corrected chi connectivity index (χ2v) is 4.96. The Bertz CT molecular complexity index is 735. The zero-order valence-electron chi connectivity index (χ0n) is 11.5. The summed E-state index contributed by atoms with van der Waals surface area (Å²) >= 11 is 0. The molecular weight excluding hydrogens is 265 g/mol. The fraction of sp³-hybridized carbons (Fsp3) is 0.118. The van der Waals surface area contributed by atoms with Crippen LogP contribution in [0.2, 0.25) is 0 Å². The molecule has 3 nitrogen and oxygen atoms in total. The van der Waals surface area contributed by atoms with Crippen LogP contribution in [0.25, 0.3) is 10.8 Å². The van der Waals surface area contributed by atoms with E-state index in [0.29, 0.717) is 6.42 Å². The molecule has 0 saturated heterocycles. The molecule has 0 aliphatic rings. The first-order valence-corrected chi connectivity index (χ1v) is 6.82. The van der Waals surface area contributed by atoms with E-state index in [1.807, 2.05) is 18.2 Å². The number of fused-ring (bicyclic) bond motifs is 1. The van der Waals surface area contributed by atoms with Gasteiger partial charge in [-0.2, -0.15) is 0 Å². The van der Waals surface area contributed by atoms with Gasteiger partial charge in [0.15, 0.2) is 0 Å². The molecule has 21 heavy (non-hydrogen) atoms. The fourth-order valence-corrected chi connectivity index (χ4v) is 2.53. The predicted molar refractivity (Wildman–Crippen MR) is 81.9 cm³/mol. The number of halogens is 1. The van der Waals surface area contributed by atoms with Crippen LogP contribution in [0, 0.1) is 5.82 Å². The number of hydrogen-bond donors (Lipinski definition) is 2. The first-order valence-electron chi connectivity index (χ1n) is 6.82. The fourth-order valence-electron chi connectivity index (χ4n) is 2.53. The van der Waals surface area contributed by atoms with Gasteiger partial charge in [0, 0.05) is 0 Å². The van der Waals surface area contributed by atoms with Gasteiger partial charge in [0.25, 0.3) is 0 Å². The third kappa shape index (κ3) is 2.91. The molecule has 0 aliphatic carbocycles. The van der Waals surface area contributed by atoms with Crippen LogP contribution in [0.5, 0.6) is 0 Å². The molecule has 106 valence electrons. The Morgan fingerprint density at radius 2 is 1.86 bits per heavy atom. The molecule has 0 radical (unpaired) electrons. The number of nitrogens with one attached hydrogen (secondary N) is 1. The molecule has 0 aliphatic heterocycles. The molecule has 3 N–H and O–H groups in total. The van der Waals surface area contributed by atoms with E-state index >= 15 is 0 Å². The van der Waals surface area contributed by atoms with E-state index in [-0.39, 0.29) is 11.9 Å². The molecule has 0 spiro atoms. The maximum Gasteiger partial charge on any atom is 0.141 e. The summed E-state index contributed by atoms with van der Waals surface area (Å²) in [4.78, 5) is 4.11. The predicted octanol–water partition coefficient (Wildman–Crippen LogP) is 3.12. The largest absolute Gasteiger partial charge is 0.271 e. The van der Waals surface area contributed by atoms with Crippen LogP contribution < -0.4 is 11.3 Å².